The molecule has 0 heterocycles. The third-order valence-electron chi connectivity index (χ3n) is 3.11. The molecule has 0 fully saturated rings. The number of aromatic carboxylic acids is 1. The summed E-state index contributed by atoms with van der Waals surface area (Å²) < 4.78 is 13.8. The molecule has 0 atom stereocenters. The third-order valence-corrected chi connectivity index (χ3v) is 3.11. The van der Waals surface area contributed by atoms with Crippen LogP contribution in [0.15, 0.2) is 42.5 Å². The predicted octanol–water partition coefficient (Wildman–Crippen LogP) is 3.34. The lowest BCUT2D eigenvalue weighted by Crippen LogP contribution is -2.15. The Morgan fingerprint density at radius 3 is 2.52 bits per heavy atom. The molecule has 0 aliphatic rings. The van der Waals surface area contributed by atoms with E-state index in [2.05, 4.69) is 5.32 Å². The Bertz CT molecular complexity index is 698. The van der Waals surface area contributed by atoms with E-state index < -0.39 is 17.7 Å². The fourth-order valence-corrected chi connectivity index (χ4v) is 1.99. The number of nitrogens with one attached hydrogen (secondary N) is 1. The number of carbonyl (C=O) groups is 2. The van der Waals surface area contributed by atoms with Crippen LogP contribution in [0.2, 0.25) is 0 Å². The van der Waals surface area contributed by atoms with E-state index in [-0.39, 0.29) is 11.3 Å². The second kappa shape index (κ2) is 6.17. The topological polar surface area (TPSA) is 66.4 Å². The number of rotatable bonds is 4. The molecule has 1 amide bonds. The van der Waals surface area contributed by atoms with Crippen molar-refractivity contribution in [2.24, 2.45) is 0 Å². The van der Waals surface area contributed by atoms with Gasteiger partial charge in [0.05, 0.1) is 11.3 Å². The highest BCUT2D eigenvalue weighted by atomic mass is 19.1. The van der Waals surface area contributed by atoms with E-state index >= 15 is 0 Å². The molecule has 2 aromatic rings. The van der Waals surface area contributed by atoms with Gasteiger partial charge in [0.15, 0.2) is 0 Å². The first kappa shape index (κ1) is 14.7. The van der Waals surface area contributed by atoms with Crippen molar-refractivity contribution in [2.45, 2.75) is 13.3 Å². The van der Waals surface area contributed by atoms with Crippen molar-refractivity contribution in [1.29, 1.82) is 0 Å². The Morgan fingerprint density at radius 2 is 1.90 bits per heavy atom. The summed E-state index contributed by atoms with van der Waals surface area (Å²) in [7, 11) is 0. The molecular weight excluding hydrogens is 273 g/mol. The average Bonchev–Trinajstić information content (AvgIpc) is 2.48. The highest BCUT2D eigenvalue weighted by Crippen LogP contribution is 2.18. The molecule has 0 saturated heterocycles. The summed E-state index contributed by atoms with van der Waals surface area (Å²) >= 11 is 0. The summed E-state index contributed by atoms with van der Waals surface area (Å²) in [5, 5.41) is 11.2. The molecule has 108 valence electrons. The lowest BCUT2D eigenvalue weighted by atomic mass is 10.0. The largest absolute Gasteiger partial charge is 0.478 e. The van der Waals surface area contributed by atoms with Crippen LogP contribution in [0.25, 0.3) is 0 Å². The lowest BCUT2D eigenvalue weighted by Gasteiger charge is -2.10. The van der Waals surface area contributed by atoms with Crippen molar-refractivity contribution >= 4 is 17.6 Å². The molecule has 21 heavy (non-hydrogen) atoms. The van der Waals surface area contributed by atoms with Gasteiger partial charge in [0.1, 0.15) is 5.82 Å². The molecule has 0 bridgehead atoms. The number of benzene rings is 2. The minimum absolute atomic E-state index is 0.0455. The van der Waals surface area contributed by atoms with Crippen LogP contribution in [-0.4, -0.2) is 17.0 Å². The first-order valence-corrected chi connectivity index (χ1v) is 6.45. The van der Waals surface area contributed by atoms with Crippen LogP contribution in [0.4, 0.5) is 10.1 Å². The van der Waals surface area contributed by atoms with Crippen LogP contribution in [-0.2, 0) is 6.42 Å². The van der Waals surface area contributed by atoms with Crippen molar-refractivity contribution in [3.8, 4) is 0 Å². The summed E-state index contributed by atoms with van der Waals surface area (Å²) in [4.78, 5) is 22.9. The smallest absolute Gasteiger partial charge is 0.335 e. The highest BCUT2D eigenvalue weighted by Gasteiger charge is 2.13. The molecule has 0 radical (unpaired) electrons. The molecule has 2 N–H and O–H groups in total. The minimum Gasteiger partial charge on any atom is -0.478 e. The Balaban J connectivity index is 2.26. The van der Waals surface area contributed by atoms with Crippen LogP contribution in [0.5, 0.6) is 0 Å². The molecule has 0 aromatic heterocycles. The van der Waals surface area contributed by atoms with Gasteiger partial charge in [0.25, 0.3) is 5.91 Å². The second-order valence-corrected chi connectivity index (χ2v) is 4.46. The lowest BCUT2D eigenvalue weighted by molar-refractivity contribution is 0.0696. The predicted molar refractivity (Wildman–Crippen MR) is 77.1 cm³/mol. The first-order valence-electron chi connectivity index (χ1n) is 6.45. The number of hydrogen-bond acceptors (Lipinski definition) is 2. The fourth-order valence-electron chi connectivity index (χ4n) is 1.99. The average molecular weight is 287 g/mol. The molecular formula is C16H14FNO3. The Hall–Kier alpha value is -2.69. The number of carboxylic acids is 1. The molecule has 0 saturated carbocycles. The maximum atomic E-state index is 13.8. The zero-order chi connectivity index (χ0) is 15.4. The van der Waals surface area contributed by atoms with Crippen LogP contribution in [0, 0.1) is 5.82 Å². The minimum atomic E-state index is -1.22. The zero-order valence-corrected chi connectivity index (χ0v) is 11.4. The molecule has 0 aliphatic carbocycles. The third kappa shape index (κ3) is 3.25. The van der Waals surface area contributed by atoms with Crippen molar-refractivity contribution in [2.75, 3.05) is 5.32 Å². The van der Waals surface area contributed by atoms with Crippen LogP contribution in [0.3, 0.4) is 0 Å². The Kier molecular flexibility index (Phi) is 4.33. The van der Waals surface area contributed by atoms with Gasteiger partial charge in [-0.1, -0.05) is 25.1 Å². The van der Waals surface area contributed by atoms with Crippen molar-refractivity contribution < 1.29 is 19.1 Å². The molecule has 4 nitrogen and oxygen atoms in total. The van der Waals surface area contributed by atoms with E-state index in [1.165, 1.54) is 12.1 Å². The van der Waals surface area contributed by atoms with Crippen LogP contribution >= 0.6 is 0 Å². The highest BCUT2D eigenvalue weighted by molar-refractivity contribution is 6.05. The van der Waals surface area contributed by atoms with Gasteiger partial charge in [-0.2, -0.15) is 0 Å². The van der Waals surface area contributed by atoms with Gasteiger partial charge in [-0.05, 0) is 36.2 Å². The second-order valence-electron chi connectivity index (χ2n) is 4.46. The van der Waals surface area contributed by atoms with Gasteiger partial charge in [0.2, 0.25) is 0 Å². The maximum absolute atomic E-state index is 13.8. The van der Waals surface area contributed by atoms with E-state index in [4.69, 9.17) is 5.11 Å². The van der Waals surface area contributed by atoms with E-state index in [1.54, 1.807) is 12.1 Å². The monoisotopic (exact) mass is 287 g/mol. The molecule has 0 aliphatic heterocycles. The number of carboxylic acid groups (broad SMARTS) is 1. The number of halogens is 1. The molecule has 0 spiro atoms. The van der Waals surface area contributed by atoms with Crippen LogP contribution in [0.1, 0.15) is 33.2 Å². The molecule has 0 unspecified atom stereocenters. The van der Waals surface area contributed by atoms with E-state index in [0.29, 0.717) is 12.0 Å². The molecule has 2 rings (SSSR count). The van der Waals surface area contributed by atoms with Crippen LogP contribution < -0.4 is 5.32 Å². The van der Waals surface area contributed by atoms with E-state index in [9.17, 15) is 14.0 Å². The summed E-state index contributed by atoms with van der Waals surface area (Å²) in [6, 6.07) is 10.4. The number of amides is 1. The molecule has 2 aromatic carbocycles. The normalized spacial score (nSPS) is 10.2. The van der Waals surface area contributed by atoms with E-state index in [0.717, 1.165) is 11.6 Å². The van der Waals surface area contributed by atoms with Gasteiger partial charge in [-0.15, -0.1) is 0 Å². The van der Waals surface area contributed by atoms with Gasteiger partial charge >= 0.3 is 5.97 Å². The maximum Gasteiger partial charge on any atom is 0.335 e. The summed E-state index contributed by atoms with van der Waals surface area (Å²) in [6.07, 6.45) is 0.685. The number of anilines is 1. The number of hydrogen-bond donors (Lipinski definition) is 2. The Morgan fingerprint density at radius 1 is 1.19 bits per heavy atom. The van der Waals surface area contributed by atoms with Crippen molar-refractivity contribution in [1.82, 2.24) is 0 Å². The van der Waals surface area contributed by atoms with Gasteiger partial charge in [0, 0.05) is 5.56 Å². The number of carbonyl (C=O) groups excluding carboxylic acids is 1. The van der Waals surface area contributed by atoms with E-state index in [1.807, 2.05) is 19.1 Å². The van der Waals surface area contributed by atoms with Crippen molar-refractivity contribution in [3.63, 3.8) is 0 Å². The summed E-state index contributed by atoms with van der Waals surface area (Å²) in [5.41, 5.74) is 1.12. The SMILES string of the molecule is CCc1ccccc1C(=O)Nc1ccc(C(=O)O)cc1F. The van der Waals surface area contributed by atoms with Crippen molar-refractivity contribution in [3.05, 3.63) is 65.0 Å². The van der Waals surface area contributed by atoms with Gasteiger partial charge in [-0.25, -0.2) is 9.18 Å². The zero-order valence-electron chi connectivity index (χ0n) is 11.4. The summed E-state index contributed by atoms with van der Waals surface area (Å²) in [6.45, 7) is 1.92. The van der Waals surface area contributed by atoms with Gasteiger partial charge < -0.3 is 10.4 Å². The quantitative estimate of drug-likeness (QED) is 0.906. The first-order chi connectivity index (χ1) is 10.0. The fraction of sp³-hybridized carbons (Fsp3) is 0.125. The van der Waals surface area contributed by atoms with Gasteiger partial charge in [-0.3, -0.25) is 4.79 Å². The number of aryl methyl sites for hydroxylation is 1. The Labute approximate surface area is 121 Å². The standard InChI is InChI=1S/C16H14FNO3/c1-2-10-5-3-4-6-12(10)15(19)18-14-8-7-11(16(20)21)9-13(14)17/h3-9H,2H2,1H3,(H,18,19)(H,20,21). The summed E-state index contributed by atoms with van der Waals surface area (Å²) in [5.74, 6) is -2.42. The molecule has 5 heteroatoms.